The van der Waals surface area contributed by atoms with Crippen LogP contribution >= 0.6 is 0 Å². The molecule has 0 radical (unpaired) electrons. The first-order chi connectivity index (χ1) is 13.2. The minimum Gasteiger partial charge on any atom is -0.758 e. The van der Waals surface area contributed by atoms with Crippen molar-refractivity contribution >= 4 is 23.5 Å². The van der Waals surface area contributed by atoms with Gasteiger partial charge in [-0.3, -0.25) is 4.79 Å². The molecule has 0 N–H and O–H groups in total. The first-order valence-corrected chi connectivity index (χ1v) is 9.44. The van der Waals surface area contributed by atoms with Crippen LogP contribution in [-0.4, -0.2) is 10.8 Å². The molecule has 0 bridgehead atoms. The molecule has 3 aromatic rings. The molecule has 2 aromatic carbocycles. The number of pyridine rings is 1. The van der Waals surface area contributed by atoms with Crippen molar-refractivity contribution in [2.45, 2.75) is 25.9 Å². The van der Waals surface area contributed by atoms with E-state index in [1.165, 1.54) is 5.56 Å². The van der Waals surface area contributed by atoms with Crippen molar-refractivity contribution < 1.29 is 9.36 Å². The van der Waals surface area contributed by atoms with Gasteiger partial charge in [-0.2, -0.15) is 4.57 Å². The number of aromatic nitrogens is 1. The smallest absolute Gasteiger partial charge is 0.237 e. The van der Waals surface area contributed by atoms with Crippen molar-refractivity contribution in [1.82, 2.24) is 0 Å². The lowest BCUT2D eigenvalue weighted by Gasteiger charge is -2.18. The van der Waals surface area contributed by atoms with E-state index in [9.17, 15) is 4.79 Å². The molecule has 136 valence electrons. The summed E-state index contributed by atoms with van der Waals surface area (Å²) in [5.74, 6) is -0.0457. The number of hydrogen-bond donors (Lipinski definition) is 0. The summed E-state index contributed by atoms with van der Waals surface area (Å²) in [6, 6.07) is 22.7. The van der Waals surface area contributed by atoms with Crippen LogP contribution in [0.2, 0.25) is 0 Å². The summed E-state index contributed by atoms with van der Waals surface area (Å²) in [6.45, 7) is 2.56. The van der Waals surface area contributed by atoms with Crippen molar-refractivity contribution in [3.63, 3.8) is 0 Å². The Labute approximate surface area is 165 Å². The van der Waals surface area contributed by atoms with Gasteiger partial charge >= 0.3 is 0 Å². The summed E-state index contributed by atoms with van der Waals surface area (Å²) < 4.78 is 1.83. The molecule has 27 heavy (non-hydrogen) atoms. The number of carbonyl (C=O) groups is 1. The topological polar surface area (TPSA) is 33.3 Å². The lowest BCUT2D eigenvalue weighted by molar-refractivity contribution is -0.691. The predicted molar refractivity (Wildman–Crippen MR) is 111 cm³/mol. The molecular formula is C23H22N2OS. The highest BCUT2D eigenvalue weighted by molar-refractivity contribution is 7.77. The molecular weight excluding hydrogens is 352 g/mol. The molecule has 0 aliphatic rings. The Hall–Kier alpha value is -2.85. The van der Waals surface area contributed by atoms with E-state index in [1.54, 1.807) is 0 Å². The Morgan fingerprint density at radius 3 is 2.19 bits per heavy atom. The zero-order chi connectivity index (χ0) is 19.1. The summed E-state index contributed by atoms with van der Waals surface area (Å²) in [7, 11) is 0. The van der Waals surface area contributed by atoms with E-state index < -0.39 is 6.04 Å². The molecule has 0 saturated carbocycles. The van der Waals surface area contributed by atoms with Gasteiger partial charge in [0.25, 0.3) is 0 Å². The summed E-state index contributed by atoms with van der Waals surface area (Å²) in [6.07, 6.45) is 4.65. The minimum atomic E-state index is -0.627. The lowest BCUT2D eigenvalue weighted by atomic mass is 10.0. The Bertz CT molecular complexity index is 906. The van der Waals surface area contributed by atoms with Gasteiger partial charge in [-0.05, 0) is 22.6 Å². The van der Waals surface area contributed by atoms with Gasteiger partial charge in [0.1, 0.15) is 0 Å². The highest BCUT2D eigenvalue weighted by Gasteiger charge is 2.27. The van der Waals surface area contributed by atoms with Crippen LogP contribution in [-0.2, 0) is 25.6 Å². The SMILES string of the molecule is CCc1ccc(C(=O)[C@@H](C([S-])=NCc2ccccc2)[n+]2ccccc2)cc1. The number of nitrogens with zero attached hydrogens (tertiary/aromatic N) is 2. The van der Waals surface area contributed by atoms with E-state index in [2.05, 4.69) is 11.9 Å². The molecule has 3 nitrogen and oxygen atoms in total. The van der Waals surface area contributed by atoms with Crippen molar-refractivity contribution in [1.29, 1.82) is 0 Å². The Kier molecular flexibility index (Phi) is 6.44. The first kappa shape index (κ1) is 18.9. The summed E-state index contributed by atoms with van der Waals surface area (Å²) in [4.78, 5) is 17.8. The van der Waals surface area contributed by atoms with Crippen LogP contribution in [0.5, 0.6) is 0 Å². The third kappa shape index (κ3) is 4.86. The molecule has 1 atom stereocenters. The highest BCUT2D eigenvalue weighted by atomic mass is 32.1. The van der Waals surface area contributed by atoms with Crippen LogP contribution in [0, 0.1) is 0 Å². The number of ketones is 1. The fourth-order valence-electron chi connectivity index (χ4n) is 2.86. The van der Waals surface area contributed by atoms with Crippen LogP contribution in [0.3, 0.4) is 0 Å². The number of carbonyl (C=O) groups excluding carboxylic acids is 1. The third-order valence-electron chi connectivity index (χ3n) is 4.43. The summed E-state index contributed by atoms with van der Waals surface area (Å²) >= 11 is 5.57. The van der Waals surface area contributed by atoms with Gasteiger partial charge in [-0.25, -0.2) is 0 Å². The zero-order valence-corrected chi connectivity index (χ0v) is 16.1. The average Bonchev–Trinajstić information content (AvgIpc) is 2.74. The Balaban J connectivity index is 1.91. The quantitative estimate of drug-likeness (QED) is 0.205. The maximum absolute atomic E-state index is 13.2. The van der Waals surface area contributed by atoms with Crippen LogP contribution in [0.4, 0.5) is 0 Å². The van der Waals surface area contributed by atoms with Gasteiger partial charge in [0.05, 0.1) is 6.54 Å². The van der Waals surface area contributed by atoms with Gasteiger partial charge in [0.2, 0.25) is 11.8 Å². The normalized spacial score (nSPS) is 12.6. The van der Waals surface area contributed by atoms with Gasteiger partial charge in [-0.1, -0.05) is 67.6 Å². The monoisotopic (exact) mass is 374 g/mol. The number of benzene rings is 2. The molecule has 1 heterocycles. The standard InChI is InChI=1S/C23H22N2OS/c1-2-18-11-13-20(14-12-18)22(26)21(25-15-7-4-8-16-25)23(27)24-17-19-9-5-3-6-10-19/h3-16,21H,2,17H2,1H3/t21-/m0/s1. The van der Waals surface area contributed by atoms with Crippen molar-refractivity contribution in [3.8, 4) is 0 Å². The van der Waals surface area contributed by atoms with Crippen LogP contribution in [0.1, 0.15) is 34.5 Å². The fraction of sp³-hybridized carbons (Fsp3) is 0.174. The lowest BCUT2D eigenvalue weighted by Crippen LogP contribution is -2.47. The van der Waals surface area contributed by atoms with E-state index >= 15 is 0 Å². The number of aliphatic imine (C=N–C) groups is 1. The molecule has 0 aliphatic heterocycles. The number of hydrogen-bond acceptors (Lipinski definition) is 3. The van der Waals surface area contributed by atoms with E-state index in [4.69, 9.17) is 12.6 Å². The Morgan fingerprint density at radius 2 is 1.56 bits per heavy atom. The fourth-order valence-corrected chi connectivity index (χ4v) is 3.15. The molecule has 4 heteroatoms. The Morgan fingerprint density at radius 1 is 0.926 bits per heavy atom. The van der Waals surface area contributed by atoms with Gasteiger partial charge in [0, 0.05) is 17.7 Å². The van der Waals surface area contributed by atoms with Gasteiger partial charge < -0.3 is 17.6 Å². The van der Waals surface area contributed by atoms with Crippen molar-refractivity contribution in [2.24, 2.45) is 4.99 Å². The molecule has 0 unspecified atom stereocenters. The second-order valence-electron chi connectivity index (χ2n) is 6.28. The molecule has 0 spiro atoms. The maximum Gasteiger partial charge on any atom is 0.237 e. The van der Waals surface area contributed by atoms with E-state index in [-0.39, 0.29) is 5.78 Å². The largest absolute Gasteiger partial charge is 0.758 e. The number of rotatable bonds is 7. The zero-order valence-electron chi connectivity index (χ0n) is 15.3. The maximum atomic E-state index is 13.2. The molecule has 0 aliphatic carbocycles. The summed E-state index contributed by atoms with van der Waals surface area (Å²) in [5, 5.41) is 0.389. The first-order valence-electron chi connectivity index (χ1n) is 9.03. The molecule has 0 saturated heterocycles. The molecule has 3 rings (SSSR count). The van der Waals surface area contributed by atoms with Crippen LogP contribution < -0.4 is 4.57 Å². The molecule has 0 fully saturated rings. The summed E-state index contributed by atoms with van der Waals surface area (Å²) in [5.41, 5.74) is 2.91. The average molecular weight is 375 g/mol. The second-order valence-corrected chi connectivity index (χ2v) is 6.70. The van der Waals surface area contributed by atoms with E-state index in [1.807, 2.05) is 89.8 Å². The third-order valence-corrected chi connectivity index (χ3v) is 4.78. The predicted octanol–water partition coefficient (Wildman–Crippen LogP) is 4.11. The second kappa shape index (κ2) is 9.19. The number of aryl methyl sites for hydroxylation is 1. The van der Waals surface area contributed by atoms with E-state index in [0.717, 1.165) is 12.0 Å². The minimum absolute atomic E-state index is 0.0457. The van der Waals surface area contributed by atoms with E-state index in [0.29, 0.717) is 17.2 Å². The number of Topliss-reactive ketones (excluding diaryl/α,β-unsaturated/α-hetero) is 1. The molecule has 1 aromatic heterocycles. The highest BCUT2D eigenvalue weighted by Crippen LogP contribution is 2.14. The van der Waals surface area contributed by atoms with Gasteiger partial charge in [0.15, 0.2) is 12.4 Å². The van der Waals surface area contributed by atoms with Crippen LogP contribution in [0.25, 0.3) is 0 Å². The molecule has 0 amide bonds. The van der Waals surface area contributed by atoms with Gasteiger partial charge in [-0.15, -0.1) is 0 Å². The van der Waals surface area contributed by atoms with Crippen LogP contribution in [0.15, 0.2) is 90.2 Å². The van der Waals surface area contributed by atoms with Crippen molar-refractivity contribution in [3.05, 3.63) is 102 Å². The van der Waals surface area contributed by atoms with Crippen molar-refractivity contribution in [2.75, 3.05) is 0 Å².